The number of aliphatic hydroxyl groups excluding tert-OH is 1. The van der Waals surface area contributed by atoms with Crippen LogP contribution in [0.1, 0.15) is 25.3 Å². The van der Waals surface area contributed by atoms with Crippen molar-refractivity contribution in [1.29, 1.82) is 5.26 Å². The highest BCUT2D eigenvalue weighted by Gasteiger charge is 2.17. The van der Waals surface area contributed by atoms with Crippen LogP contribution in [-0.2, 0) is 6.54 Å². The van der Waals surface area contributed by atoms with Gasteiger partial charge in [-0.05, 0) is 44.0 Å². The van der Waals surface area contributed by atoms with Crippen LogP contribution >= 0.6 is 0 Å². The number of ether oxygens (including phenoxy) is 1. The fourth-order valence-electron chi connectivity index (χ4n) is 2.34. The molecule has 1 aliphatic heterocycles. The van der Waals surface area contributed by atoms with Gasteiger partial charge in [0.05, 0.1) is 6.10 Å². The van der Waals surface area contributed by atoms with Crippen molar-refractivity contribution >= 4 is 0 Å². The number of likely N-dealkylation sites (tertiary alicyclic amines) is 1. The SMILES string of the molecule is CC(C#N)Oc1ccc(CN2CCCC(O)C2)cc1. The van der Waals surface area contributed by atoms with Crippen molar-refractivity contribution in [3.8, 4) is 11.8 Å². The van der Waals surface area contributed by atoms with Crippen molar-refractivity contribution in [2.75, 3.05) is 13.1 Å². The summed E-state index contributed by atoms with van der Waals surface area (Å²) in [6, 6.07) is 9.85. The van der Waals surface area contributed by atoms with Crippen molar-refractivity contribution in [2.45, 2.75) is 38.5 Å². The molecule has 0 bridgehead atoms. The minimum Gasteiger partial charge on any atom is -0.476 e. The highest BCUT2D eigenvalue weighted by atomic mass is 16.5. The first-order valence-electron chi connectivity index (χ1n) is 6.73. The summed E-state index contributed by atoms with van der Waals surface area (Å²) in [6.45, 7) is 4.37. The summed E-state index contributed by atoms with van der Waals surface area (Å²) in [6.07, 6.45) is 1.35. The molecule has 1 saturated heterocycles. The van der Waals surface area contributed by atoms with Gasteiger partial charge < -0.3 is 9.84 Å². The van der Waals surface area contributed by atoms with E-state index in [9.17, 15) is 5.11 Å². The fourth-order valence-corrected chi connectivity index (χ4v) is 2.34. The van der Waals surface area contributed by atoms with Crippen LogP contribution in [0, 0.1) is 11.3 Å². The van der Waals surface area contributed by atoms with E-state index in [0.29, 0.717) is 0 Å². The molecule has 4 heteroatoms. The topological polar surface area (TPSA) is 56.5 Å². The van der Waals surface area contributed by atoms with Crippen molar-refractivity contribution in [2.24, 2.45) is 0 Å². The summed E-state index contributed by atoms with van der Waals surface area (Å²) in [7, 11) is 0. The maximum atomic E-state index is 9.64. The number of β-amino-alcohol motifs (C(OH)–C–C–N with tert-alkyl or cyclic N) is 1. The monoisotopic (exact) mass is 260 g/mol. The standard InChI is InChI=1S/C15H20N2O2/c1-12(9-16)19-15-6-4-13(5-7-15)10-17-8-2-3-14(18)11-17/h4-7,12,14,18H,2-3,8,10-11H2,1H3. The Morgan fingerprint density at radius 3 is 2.84 bits per heavy atom. The maximum Gasteiger partial charge on any atom is 0.181 e. The molecular weight excluding hydrogens is 240 g/mol. The second-order valence-electron chi connectivity index (χ2n) is 5.06. The van der Waals surface area contributed by atoms with E-state index < -0.39 is 6.10 Å². The van der Waals surface area contributed by atoms with Crippen molar-refractivity contribution < 1.29 is 9.84 Å². The molecule has 0 saturated carbocycles. The Labute approximate surface area is 114 Å². The van der Waals surface area contributed by atoms with Crippen LogP contribution in [0.2, 0.25) is 0 Å². The Balaban J connectivity index is 1.89. The lowest BCUT2D eigenvalue weighted by Crippen LogP contribution is -2.37. The first-order chi connectivity index (χ1) is 9.17. The zero-order chi connectivity index (χ0) is 13.7. The van der Waals surface area contributed by atoms with E-state index in [4.69, 9.17) is 10.00 Å². The van der Waals surface area contributed by atoms with E-state index in [1.165, 1.54) is 5.56 Å². The number of hydrogen-bond donors (Lipinski definition) is 1. The molecule has 0 spiro atoms. The Bertz CT molecular complexity index is 438. The van der Waals surface area contributed by atoms with Gasteiger partial charge in [0, 0.05) is 13.1 Å². The van der Waals surface area contributed by atoms with Crippen LogP contribution in [0.5, 0.6) is 5.75 Å². The molecule has 0 aromatic heterocycles. The third-order valence-electron chi connectivity index (χ3n) is 3.30. The molecule has 0 radical (unpaired) electrons. The molecule has 2 unspecified atom stereocenters. The largest absolute Gasteiger partial charge is 0.476 e. The van der Waals surface area contributed by atoms with E-state index in [1.807, 2.05) is 30.3 Å². The van der Waals surface area contributed by atoms with Crippen molar-refractivity contribution in [3.63, 3.8) is 0 Å². The summed E-state index contributed by atoms with van der Waals surface area (Å²) < 4.78 is 5.41. The number of aliphatic hydroxyl groups is 1. The quantitative estimate of drug-likeness (QED) is 0.898. The summed E-state index contributed by atoms with van der Waals surface area (Å²) in [5.41, 5.74) is 1.20. The van der Waals surface area contributed by atoms with Crippen LogP contribution in [-0.4, -0.2) is 35.3 Å². The van der Waals surface area contributed by atoms with E-state index in [2.05, 4.69) is 4.90 Å². The lowest BCUT2D eigenvalue weighted by Gasteiger charge is -2.29. The van der Waals surface area contributed by atoms with Crippen LogP contribution in [0.3, 0.4) is 0 Å². The highest BCUT2D eigenvalue weighted by Crippen LogP contribution is 2.17. The van der Waals surface area contributed by atoms with Crippen LogP contribution < -0.4 is 4.74 Å². The molecule has 4 nitrogen and oxygen atoms in total. The third-order valence-corrected chi connectivity index (χ3v) is 3.30. The summed E-state index contributed by atoms with van der Waals surface area (Å²) in [5.74, 6) is 0.719. The lowest BCUT2D eigenvalue weighted by atomic mass is 10.1. The molecule has 1 N–H and O–H groups in total. The molecule has 1 aromatic rings. The number of nitrogens with zero attached hydrogens (tertiary/aromatic N) is 2. The first kappa shape index (κ1) is 13.9. The zero-order valence-corrected chi connectivity index (χ0v) is 11.2. The molecule has 0 aliphatic carbocycles. The van der Waals surface area contributed by atoms with Crippen LogP contribution in [0.15, 0.2) is 24.3 Å². The number of piperidine rings is 1. The van der Waals surface area contributed by atoms with Gasteiger partial charge in [-0.25, -0.2) is 0 Å². The maximum absolute atomic E-state index is 9.64. The summed E-state index contributed by atoms with van der Waals surface area (Å²) in [4.78, 5) is 2.27. The molecule has 1 heterocycles. The fraction of sp³-hybridized carbons (Fsp3) is 0.533. The van der Waals surface area contributed by atoms with Crippen LogP contribution in [0.25, 0.3) is 0 Å². The second kappa shape index (κ2) is 6.55. The lowest BCUT2D eigenvalue weighted by molar-refractivity contribution is 0.0668. The van der Waals surface area contributed by atoms with Gasteiger partial charge in [0.25, 0.3) is 0 Å². The zero-order valence-electron chi connectivity index (χ0n) is 11.2. The minimum atomic E-state index is -0.428. The van der Waals surface area contributed by atoms with Gasteiger partial charge in [-0.2, -0.15) is 5.26 Å². The van der Waals surface area contributed by atoms with Gasteiger partial charge in [-0.1, -0.05) is 12.1 Å². The number of hydrogen-bond acceptors (Lipinski definition) is 4. The number of nitriles is 1. The van der Waals surface area contributed by atoms with Crippen molar-refractivity contribution in [1.82, 2.24) is 4.90 Å². The Morgan fingerprint density at radius 2 is 2.21 bits per heavy atom. The van der Waals surface area contributed by atoms with Gasteiger partial charge in [-0.3, -0.25) is 4.90 Å². The Morgan fingerprint density at radius 1 is 1.47 bits per heavy atom. The molecule has 1 aliphatic rings. The van der Waals surface area contributed by atoms with E-state index >= 15 is 0 Å². The average Bonchev–Trinajstić information content (AvgIpc) is 2.41. The van der Waals surface area contributed by atoms with Gasteiger partial charge in [-0.15, -0.1) is 0 Å². The first-order valence-corrected chi connectivity index (χ1v) is 6.73. The predicted molar refractivity (Wildman–Crippen MR) is 72.7 cm³/mol. The van der Waals surface area contributed by atoms with Gasteiger partial charge in [0.2, 0.25) is 0 Å². The number of benzene rings is 1. The third kappa shape index (κ3) is 4.23. The van der Waals surface area contributed by atoms with Crippen LogP contribution in [0.4, 0.5) is 0 Å². The normalized spacial score (nSPS) is 21.6. The van der Waals surface area contributed by atoms with E-state index in [0.717, 1.165) is 38.2 Å². The predicted octanol–water partition coefficient (Wildman–Crippen LogP) is 1.93. The number of rotatable bonds is 4. The molecule has 102 valence electrons. The summed E-state index contributed by atoms with van der Waals surface area (Å²) in [5, 5.41) is 18.3. The van der Waals surface area contributed by atoms with Crippen molar-refractivity contribution in [3.05, 3.63) is 29.8 Å². The Hall–Kier alpha value is -1.57. The Kier molecular flexibility index (Phi) is 4.78. The molecule has 2 atom stereocenters. The molecule has 1 aromatic carbocycles. The van der Waals surface area contributed by atoms with Gasteiger partial charge in [0.15, 0.2) is 6.10 Å². The second-order valence-corrected chi connectivity index (χ2v) is 5.06. The summed E-state index contributed by atoms with van der Waals surface area (Å²) >= 11 is 0. The highest BCUT2D eigenvalue weighted by molar-refractivity contribution is 5.27. The van der Waals surface area contributed by atoms with Gasteiger partial charge >= 0.3 is 0 Å². The van der Waals surface area contributed by atoms with E-state index in [1.54, 1.807) is 6.92 Å². The minimum absolute atomic E-state index is 0.187. The molecular formula is C15H20N2O2. The molecule has 19 heavy (non-hydrogen) atoms. The molecule has 0 amide bonds. The van der Waals surface area contributed by atoms with E-state index in [-0.39, 0.29) is 6.10 Å². The molecule has 1 fully saturated rings. The molecule has 2 rings (SSSR count). The van der Waals surface area contributed by atoms with Gasteiger partial charge in [0.1, 0.15) is 11.8 Å². The smallest absolute Gasteiger partial charge is 0.181 e. The average molecular weight is 260 g/mol.